The maximum absolute atomic E-state index is 11.7. The SMILES string of the molecule is COc1ccc(-c2nc(NN)c(C#N)c(SC)n2)cc1S(N)(=O)=O. The molecule has 0 amide bonds. The number of hydrogen-bond acceptors (Lipinski definition) is 9. The molecule has 5 N–H and O–H groups in total. The Balaban J connectivity index is 2.71. The number of nitriles is 1. The average molecular weight is 366 g/mol. The number of primary sulfonamides is 1. The van der Waals surface area contributed by atoms with Crippen molar-refractivity contribution >= 4 is 27.6 Å². The van der Waals surface area contributed by atoms with Crippen molar-refractivity contribution in [3.8, 4) is 23.2 Å². The van der Waals surface area contributed by atoms with Crippen LogP contribution >= 0.6 is 11.8 Å². The molecule has 0 fully saturated rings. The van der Waals surface area contributed by atoms with Gasteiger partial charge in [-0.05, 0) is 24.5 Å². The number of nitrogens with one attached hydrogen (secondary N) is 1. The highest BCUT2D eigenvalue weighted by atomic mass is 32.2. The molecule has 11 heteroatoms. The number of hydrazine groups is 1. The predicted octanol–water partition coefficient (Wildman–Crippen LogP) is 0.679. The van der Waals surface area contributed by atoms with Gasteiger partial charge in [0.05, 0.1) is 7.11 Å². The number of nitrogens with two attached hydrogens (primary N) is 2. The van der Waals surface area contributed by atoms with Gasteiger partial charge in [0.2, 0.25) is 10.0 Å². The van der Waals surface area contributed by atoms with Gasteiger partial charge in [-0.15, -0.1) is 11.8 Å². The number of anilines is 1. The highest BCUT2D eigenvalue weighted by molar-refractivity contribution is 7.98. The molecule has 0 saturated heterocycles. The number of ether oxygens (including phenoxy) is 1. The molecule has 9 nitrogen and oxygen atoms in total. The molecule has 0 aliphatic carbocycles. The fourth-order valence-corrected chi connectivity index (χ4v) is 3.21. The van der Waals surface area contributed by atoms with Crippen molar-refractivity contribution < 1.29 is 13.2 Å². The number of hydrogen-bond donors (Lipinski definition) is 3. The van der Waals surface area contributed by atoms with E-state index in [-0.39, 0.29) is 27.9 Å². The smallest absolute Gasteiger partial charge is 0.241 e. The molecule has 0 bridgehead atoms. The maximum Gasteiger partial charge on any atom is 0.241 e. The van der Waals surface area contributed by atoms with E-state index in [1.807, 2.05) is 6.07 Å². The predicted molar refractivity (Wildman–Crippen MR) is 89.7 cm³/mol. The molecule has 2 aromatic rings. The zero-order valence-corrected chi connectivity index (χ0v) is 14.4. The molecule has 0 radical (unpaired) electrons. The Hall–Kier alpha value is -2.39. The minimum absolute atomic E-state index is 0.108. The van der Waals surface area contributed by atoms with Gasteiger partial charge in [0, 0.05) is 5.56 Å². The van der Waals surface area contributed by atoms with E-state index in [4.69, 9.17) is 15.7 Å². The van der Waals surface area contributed by atoms with Crippen molar-refractivity contribution in [1.29, 1.82) is 5.26 Å². The molecule has 24 heavy (non-hydrogen) atoms. The van der Waals surface area contributed by atoms with Crippen LogP contribution in [0.1, 0.15) is 5.56 Å². The third-order valence-electron chi connectivity index (χ3n) is 3.05. The Morgan fingerprint density at radius 1 is 1.38 bits per heavy atom. The van der Waals surface area contributed by atoms with E-state index >= 15 is 0 Å². The molecular formula is C13H14N6O3S2. The van der Waals surface area contributed by atoms with Crippen molar-refractivity contribution in [2.24, 2.45) is 11.0 Å². The van der Waals surface area contributed by atoms with E-state index in [9.17, 15) is 13.7 Å². The Labute approximate surface area is 143 Å². The minimum Gasteiger partial charge on any atom is -0.495 e. The Morgan fingerprint density at radius 3 is 2.58 bits per heavy atom. The summed E-state index contributed by atoms with van der Waals surface area (Å²) >= 11 is 1.24. The first-order chi connectivity index (χ1) is 11.3. The van der Waals surface area contributed by atoms with E-state index in [1.165, 1.54) is 31.0 Å². The number of benzene rings is 1. The molecule has 0 unspecified atom stereocenters. The summed E-state index contributed by atoms with van der Waals surface area (Å²) in [6, 6.07) is 6.31. The lowest BCUT2D eigenvalue weighted by Crippen LogP contribution is -2.14. The topological polar surface area (TPSA) is 157 Å². The number of nitrogens with zero attached hydrogens (tertiary/aromatic N) is 3. The molecule has 0 spiro atoms. The van der Waals surface area contributed by atoms with E-state index in [2.05, 4.69) is 15.4 Å². The molecule has 0 aliphatic heterocycles. The maximum atomic E-state index is 11.7. The van der Waals surface area contributed by atoms with Crippen LogP contribution in [0.15, 0.2) is 28.1 Å². The van der Waals surface area contributed by atoms with Crippen LogP contribution in [0.5, 0.6) is 5.75 Å². The van der Waals surface area contributed by atoms with Crippen molar-refractivity contribution in [2.45, 2.75) is 9.92 Å². The number of sulfonamides is 1. The molecule has 1 aromatic carbocycles. The molecule has 1 heterocycles. The van der Waals surface area contributed by atoms with Gasteiger partial charge >= 0.3 is 0 Å². The zero-order chi connectivity index (χ0) is 17.9. The second kappa shape index (κ2) is 7.02. The van der Waals surface area contributed by atoms with Crippen molar-refractivity contribution in [3.63, 3.8) is 0 Å². The second-order valence-electron chi connectivity index (χ2n) is 4.45. The van der Waals surface area contributed by atoms with Gasteiger partial charge in [-0.2, -0.15) is 5.26 Å². The molecule has 126 valence electrons. The summed E-state index contributed by atoms with van der Waals surface area (Å²) in [7, 11) is -2.66. The molecule has 0 aliphatic rings. The monoisotopic (exact) mass is 366 g/mol. The van der Waals surface area contributed by atoms with Crippen LogP contribution < -0.4 is 21.1 Å². The average Bonchev–Trinajstić information content (AvgIpc) is 2.58. The van der Waals surface area contributed by atoms with Gasteiger partial charge < -0.3 is 10.2 Å². The van der Waals surface area contributed by atoms with Crippen molar-refractivity contribution in [2.75, 3.05) is 18.8 Å². The van der Waals surface area contributed by atoms with E-state index < -0.39 is 10.0 Å². The van der Waals surface area contributed by atoms with E-state index in [0.717, 1.165) is 0 Å². The fourth-order valence-electron chi connectivity index (χ4n) is 1.96. The van der Waals surface area contributed by atoms with Crippen molar-refractivity contribution in [3.05, 3.63) is 23.8 Å². The van der Waals surface area contributed by atoms with Crippen LogP contribution in [-0.4, -0.2) is 31.8 Å². The number of aromatic nitrogens is 2. The lowest BCUT2D eigenvalue weighted by Gasteiger charge is -2.11. The first-order valence-corrected chi connectivity index (χ1v) is 9.16. The summed E-state index contributed by atoms with van der Waals surface area (Å²) in [5.74, 6) is 5.85. The number of rotatable bonds is 5. The largest absolute Gasteiger partial charge is 0.495 e. The first-order valence-electron chi connectivity index (χ1n) is 6.39. The highest BCUT2D eigenvalue weighted by Crippen LogP contribution is 2.31. The summed E-state index contributed by atoms with van der Waals surface area (Å²) in [6.07, 6.45) is 1.75. The van der Waals surface area contributed by atoms with E-state index in [1.54, 1.807) is 12.3 Å². The van der Waals surface area contributed by atoms with Gasteiger partial charge in [-0.25, -0.2) is 29.4 Å². The first kappa shape index (κ1) is 18.0. The standard InChI is InChI=1S/C13H14N6O3S2/c1-22-9-4-3-7(5-10(9)24(16,20)21)11-17-12(19-15)8(6-14)13(18-11)23-2/h3-5H,15H2,1-2H3,(H2,16,20,21)(H,17,18,19). The van der Waals surface area contributed by atoms with Crippen LogP contribution in [-0.2, 0) is 10.0 Å². The summed E-state index contributed by atoms with van der Waals surface area (Å²) in [4.78, 5) is 8.25. The summed E-state index contributed by atoms with van der Waals surface area (Å²) in [5.41, 5.74) is 2.93. The molecule has 2 rings (SSSR count). The van der Waals surface area contributed by atoms with Gasteiger partial charge in [-0.3, -0.25) is 0 Å². The molecular weight excluding hydrogens is 352 g/mol. The lowest BCUT2D eigenvalue weighted by molar-refractivity contribution is 0.403. The molecule has 0 atom stereocenters. The van der Waals surface area contributed by atoms with Gasteiger partial charge in [0.25, 0.3) is 0 Å². The Kier molecular flexibility index (Phi) is 5.25. The molecule has 0 saturated carbocycles. The molecule has 1 aromatic heterocycles. The zero-order valence-electron chi connectivity index (χ0n) is 12.8. The Morgan fingerprint density at radius 2 is 2.08 bits per heavy atom. The number of nitrogen functional groups attached to an aromatic ring is 1. The van der Waals surface area contributed by atoms with Crippen LogP contribution in [0.25, 0.3) is 11.4 Å². The summed E-state index contributed by atoms with van der Waals surface area (Å²) in [5, 5.41) is 14.8. The normalized spacial score (nSPS) is 11.0. The fraction of sp³-hybridized carbons (Fsp3) is 0.154. The van der Waals surface area contributed by atoms with Crippen LogP contribution in [0.3, 0.4) is 0 Å². The van der Waals surface area contributed by atoms with Crippen LogP contribution in [0.4, 0.5) is 5.82 Å². The number of thioether (sulfide) groups is 1. The second-order valence-corrected chi connectivity index (χ2v) is 6.77. The highest BCUT2D eigenvalue weighted by Gasteiger charge is 2.19. The van der Waals surface area contributed by atoms with Gasteiger partial charge in [-0.1, -0.05) is 0 Å². The quantitative estimate of drug-likeness (QED) is 0.299. The van der Waals surface area contributed by atoms with E-state index in [0.29, 0.717) is 10.6 Å². The minimum atomic E-state index is -4.00. The third-order valence-corrected chi connectivity index (χ3v) is 4.66. The van der Waals surface area contributed by atoms with Crippen LogP contribution in [0, 0.1) is 11.3 Å². The third kappa shape index (κ3) is 3.41. The van der Waals surface area contributed by atoms with Gasteiger partial charge in [0.15, 0.2) is 11.6 Å². The lowest BCUT2D eigenvalue weighted by atomic mass is 10.2. The van der Waals surface area contributed by atoms with Crippen molar-refractivity contribution in [1.82, 2.24) is 9.97 Å². The summed E-state index contributed by atoms with van der Waals surface area (Å²) in [6.45, 7) is 0. The van der Waals surface area contributed by atoms with Gasteiger partial charge in [0.1, 0.15) is 27.3 Å². The number of methoxy groups -OCH3 is 1. The Bertz CT molecular complexity index is 899. The summed E-state index contributed by atoms with van der Waals surface area (Å²) < 4.78 is 28.4. The van der Waals surface area contributed by atoms with Crippen LogP contribution in [0.2, 0.25) is 0 Å².